The normalized spacial score (nSPS) is 11.2. The molecule has 0 aliphatic rings. The molecular formula is C15H16N4O2. The number of pyridine rings is 1. The van der Waals surface area contributed by atoms with Crippen LogP contribution in [0.25, 0.3) is 5.65 Å². The van der Waals surface area contributed by atoms with Gasteiger partial charge in [0.15, 0.2) is 5.69 Å². The zero-order chi connectivity index (χ0) is 14.8. The summed E-state index contributed by atoms with van der Waals surface area (Å²) < 4.78 is 8.94. The van der Waals surface area contributed by atoms with Gasteiger partial charge in [0.1, 0.15) is 12.3 Å². The number of rotatable bonds is 4. The third-order valence-electron chi connectivity index (χ3n) is 3.21. The summed E-state index contributed by atoms with van der Waals surface area (Å²) in [7, 11) is 0. The lowest BCUT2D eigenvalue weighted by molar-refractivity contribution is 0.0458. The summed E-state index contributed by atoms with van der Waals surface area (Å²) in [5, 5.41) is 4.20. The van der Waals surface area contributed by atoms with Crippen LogP contribution in [0.4, 0.5) is 0 Å². The van der Waals surface area contributed by atoms with Crippen molar-refractivity contribution in [2.45, 2.75) is 26.5 Å². The van der Waals surface area contributed by atoms with E-state index in [9.17, 15) is 4.79 Å². The lowest BCUT2D eigenvalue weighted by Gasteiger charge is -2.06. The van der Waals surface area contributed by atoms with Crippen molar-refractivity contribution < 1.29 is 9.53 Å². The van der Waals surface area contributed by atoms with Gasteiger partial charge in [-0.05, 0) is 32.0 Å². The standard InChI is InChI=1S/C15H16N4O2/c1-11(2)19-8-6-13(17-19)15(20)21-10-12-4-3-5-14-16-7-9-18(12)14/h3-9,11H,10H2,1-2H3. The Bertz CT molecular complexity index is 773. The SMILES string of the molecule is CC(C)n1ccc(C(=O)OCc2cccc3nccn23)n1. The molecule has 0 radical (unpaired) electrons. The summed E-state index contributed by atoms with van der Waals surface area (Å²) in [6, 6.07) is 7.56. The molecule has 0 aliphatic carbocycles. The molecule has 6 nitrogen and oxygen atoms in total. The molecule has 0 atom stereocenters. The number of esters is 1. The van der Waals surface area contributed by atoms with Crippen molar-refractivity contribution in [1.29, 1.82) is 0 Å². The Morgan fingerprint density at radius 1 is 1.29 bits per heavy atom. The largest absolute Gasteiger partial charge is 0.454 e. The molecule has 0 saturated heterocycles. The van der Waals surface area contributed by atoms with E-state index in [4.69, 9.17) is 4.74 Å². The summed E-state index contributed by atoms with van der Waals surface area (Å²) in [6.07, 6.45) is 5.33. The van der Waals surface area contributed by atoms with Gasteiger partial charge in [0.05, 0.1) is 5.69 Å². The number of hydrogen-bond donors (Lipinski definition) is 0. The second kappa shape index (κ2) is 5.40. The summed E-state index contributed by atoms with van der Waals surface area (Å²) in [4.78, 5) is 16.2. The molecule has 0 bridgehead atoms. The van der Waals surface area contributed by atoms with Gasteiger partial charge >= 0.3 is 5.97 Å². The van der Waals surface area contributed by atoms with E-state index in [1.165, 1.54) is 0 Å². The minimum Gasteiger partial charge on any atom is -0.454 e. The number of imidazole rings is 1. The molecule has 0 unspecified atom stereocenters. The zero-order valence-electron chi connectivity index (χ0n) is 11.9. The first-order valence-electron chi connectivity index (χ1n) is 6.78. The van der Waals surface area contributed by atoms with Gasteiger partial charge in [0.2, 0.25) is 0 Å². The second-order valence-corrected chi connectivity index (χ2v) is 5.02. The molecule has 21 heavy (non-hydrogen) atoms. The highest BCUT2D eigenvalue weighted by Gasteiger charge is 2.13. The van der Waals surface area contributed by atoms with Crippen molar-refractivity contribution in [3.05, 3.63) is 54.2 Å². The molecule has 6 heteroatoms. The number of aromatic nitrogens is 4. The summed E-state index contributed by atoms with van der Waals surface area (Å²) in [5.74, 6) is -0.425. The van der Waals surface area contributed by atoms with Crippen molar-refractivity contribution in [3.63, 3.8) is 0 Å². The van der Waals surface area contributed by atoms with Gasteiger partial charge < -0.3 is 9.14 Å². The van der Waals surface area contributed by atoms with Crippen molar-refractivity contribution in [2.24, 2.45) is 0 Å². The van der Waals surface area contributed by atoms with Crippen LogP contribution in [0.15, 0.2) is 42.9 Å². The van der Waals surface area contributed by atoms with E-state index < -0.39 is 5.97 Å². The third-order valence-corrected chi connectivity index (χ3v) is 3.21. The van der Waals surface area contributed by atoms with E-state index in [0.717, 1.165) is 11.3 Å². The number of fused-ring (bicyclic) bond motifs is 1. The smallest absolute Gasteiger partial charge is 0.359 e. The van der Waals surface area contributed by atoms with Crippen molar-refractivity contribution in [2.75, 3.05) is 0 Å². The first-order valence-corrected chi connectivity index (χ1v) is 6.78. The van der Waals surface area contributed by atoms with Gasteiger partial charge in [-0.3, -0.25) is 4.68 Å². The first-order chi connectivity index (χ1) is 10.1. The van der Waals surface area contributed by atoms with Crippen LogP contribution in [0.5, 0.6) is 0 Å². The molecule has 3 rings (SSSR count). The molecule has 108 valence electrons. The molecule has 3 heterocycles. The quantitative estimate of drug-likeness (QED) is 0.690. The Morgan fingerprint density at radius 2 is 2.14 bits per heavy atom. The molecule has 3 aromatic rings. The van der Waals surface area contributed by atoms with Crippen LogP contribution < -0.4 is 0 Å². The monoisotopic (exact) mass is 284 g/mol. The van der Waals surface area contributed by atoms with Crippen molar-refractivity contribution >= 4 is 11.6 Å². The van der Waals surface area contributed by atoms with E-state index in [-0.39, 0.29) is 12.6 Å². The predicted octanol–water partition coefficient (Wildman–Crippen LogP) is 2.47. The number of carbonyl (C=O) groups excluding carboxylic acids is 1. The highest BCUT2D eigenvalue weighted by Crippen LogP contribution is 2.10. The van der Waals surface area contributed by atoms with E-state index in [1.807, 2.05) is 42.6 Å². The Morgan fingerprint density at radius 3 is 2.90 bits per heavy atom. The summed E-state index contributed by atoms with van der Waals surface area (Å²) in [5.41, 5.74) is 2.01. The lowest BCUT2D eigenvalue weighted by atomic mass is 10.3. The van der Waals surface area contributed by atoms with Crippen LogP contribution in [-0.2, 0) is 11.3 Å². The predicted molar refractivity (Wildman–Crippen MR) is 76.9 cm³/mol. The van der Waals surface area contributed by atoms with E-state index in [0.29, 0.717) is 5.69 Å². The number of carbonyl (C=O) groups is 1. The molecule has 0 saturated carbocycles. The van der Waals surface area contributed by atoms with E-state index >= 15 is 0 Å². The molecule has 0 aliphatic heterocycles. The van der Waals surface area contributed by atoms with Gasteiger partial charge in [-0.25, -0.2) is 9.78 Å². The Balaban J connectivity index is 1.72. The molecule has 0 aromatic carbocycles. The Hall–Kier alpha value is -2.63. The van der Waals surface area contributed by atoms with Gasteiger partial charge in [0.25, 0.3) is 0 Å². The van der Waals surface area contributed by atoms with E-state index in [1.54, 1.807) is 23.1 Å². The van der Waals surface area contributed by atoms with Crippen LogP contribution in [0.1, 0.15) is 36.1 Å². The zero-order valence-corrected chi connectivity index (χ0v) is 11.9. The van der Waals surface area contributed by atoms with E-state index in [2.05, 4.69) is 10.1 Å². The van der Waals surface area contributed by atoms with Gasteiger partial charge in [-0.1, -0.05) is 6.07 Å². The topological polar surface area (TPSA) is 61.4 Å². The Labute approximate surface area is 122 Å². The highest BCUT2D eigenvalue weighted by molar-refractivity contribution is 5.87. The van der Waals surface area contributed by atoms with Crippen molar-refractivity contribution in [3.8, 4) is 0 Å². The maximum atomic E-state index is 12.0. The lowest BCUT2D eigenvalue weighted by Crippen LogP contribution is -2.10. The van der Waals surface area contributed by atoms with Crippen LogP contribution in [0.2, 0.25) is 0 Å². The van der Waals surface area contributed by atoms with Crippen LogP contribution >= 0.6 is 0 Å². The van der Waals surface area contributed by atoms with Crippen LogP contribution in [-0.4, -0.2) is 25.1 Å². The molecule has 0 N–H and O–H groups in total. The summed E-state index contributed by atoms with van der Waals surface area (Å²) in [6.45, 7) is 4.19. The fourth-order valence-corrected chi connectivity index (χ4v) is 2.07. The molecule has 3 aromatic heterocycles. The maximum Gasteiger partial charge on any atom is 0.359 e. The van der Waals surface area contributed by atoms with Gasteiger partial charge in [-0.2, -0.15) is 5.10 Å². The summed E-state index contributed by atoms with van der Waals surface area (Å²) >= 11 is 0. The molecule has 0 fully saturated rings. The molecular weight excluding hydrogens is 268 g/mol. The maximum absolute atomic E-state index is 12.0. The fraction of sp³-hybridized carbons (Fsp3) is 0.267. The average molecular weight is 284 g/mol. The number of hydrogen-bond acceptors (Lipinski definition) is 4. The van der Waals surface area contributed by atoms with Crippen LogP contribution in [0, 0.1) is 0 Å². The highest BCUT2D eigenvalue weighted by atomic mass is 16.5. The van der Waals surface area contributed by atoms with Gasteiger partial charge in [-0.15, -0.1) is 0 Å². The minimum absolute atomic E-state index is 0.182. The van der Waals surface area contributed by atoms with Crippen molar-refractivity contribution in [1.82, 2.24) is 19.2 Å². The number of ether oxygens (including phenoxy) is 1. The number of nitrogens with zero attached hydrogens (tertiary/aromatic N) is 4. The minimum atomic E-state index is -0.425. The van der Waals surface area contributed by atoms with Crippen LogP contribution in [0.3, 0.4) is 0 Å². The Kier molecular flexibility index (Phi) is 3.43. The fourth-order valence-electron chi connectivity index (χ4n) is 2.07. The average Bonchev–Trinajstić information content (AvgIpc) is 3.13. The molecule has 0 amide bonds. The first kappa shape index (κ1) is 13.4. The third kappa shape index (κ3) is 2.65. The molecule has 0 spiro atoms. The second-order valence-electron chi connectivity index (χ2n) is 5.02. The van der Waals surface area contributed by atoms with Gasteiger partial charge in [0, 0.05) is 24.6 Å².